The molecular weight excluding hydrogens is 232 g/mol. The minimum Gasteiger partial charge on any atom is -0.493 e. The first-order chi connectivity index (χ1) is 8.72. The molecule has 0 aliphatic carbocycles. The molecule has 0 saturated heterocycles. The van der Waals surface area contributed by atoms with Gasteiger partial charge in [0.25, 0.3) is 0 Å². The maximum atomic E-state index is 11.7. The fraction of sp³-hybridized carbons (Fsp3) is 0.357. The zero-order valence-corrected chi connectivity index (χ0v) is 10.8. The van der Waals surface area contributed by atoms with E-state index in [1.54, 1.807) is 24.3 Å². The second-order valence-corrected chi connectivity index (χ2v) is 3.60. The third-order valence-corrected chi connectivity index (χ3v) is 2.19. The van der Waals surface area contributed by atoms with Gasteiger partial charge in [-0.05, 0) is 24.6 Å². The largest absolute Gasteiger partial charge is 0.493 e. The van der Waals surface area contributed by atoms with Crippen molar-refractivity contribution in [3.05, 3.63) is 36.4 Å². The van der Waals surface area contributed by atoms with Crippen LogP contribution in [0.5, 0.6) is 11.5 Å². The van der Waals surface area contributed by atoms with Gasteiger partial charge in [0.1, 0.15) is 6.61 Å². The van der Waals surface area contributed by atoms with Gasteiger partial charge in [0, 0.05) is 0 Å². The number of methoxy groups -OCH3 is 1. The molecule has 0 fully saturated rings. The van der Waals surface area contributed by atoms with Gasteiger partial charge in [0.05, 0.1) is 19.3 Å². The van der Waals surface area contributed by atoms with E-state index in [1.807, 2.05) is 6.92 Å². The average molecular weight is 250 g/mol. The summed E-state index contributed by atoms with van der Waals surface area (Å²) in [5.41, 5.74) is 0.450. The van der Waals surface area contributed by atoms with E-state index in [0.717, 1.165) is 6.42 Å². The van der Waals surface area contributed by atoms with E-state index < -0.39 is 0 Å². The monoisotopic (exact) mass is 250 g/mol. The normalized spacial score (nSPS) is 9.67. The van der Waals surface area contributed by atoms with Crippen molar-refractivity contribution in [2.24, 2.45) is 0 Å². The summed E-state index contributed by atoms with van der Waals surface area (Å²) in [4.78, 5) is 11.7. The highest BCUT2D eigenvalue weighted by atomic mass is 16.5. The smallest absolute Gasteiger partial charge is 0.338 e. The molecule has 4 nitrogen and oxygen atoms in total. The van der Waals surface area contributed by atoms with Crippen LogP contribution in [0.3, 0.4) is 0 Å². The molecule has 0 unspecified atom stereocenters. The minimum atomic E-state index is -0.356. The highest BCUT2D eigenvalue weighted by Crippen LogP contribution is 2.28. The Morgan fingerprint density at radius 2 is 2.17 bits per heavy atom. The molecule has 1 rings (SSSR count). The summed E-state index contributed by atoms with van der Waals surface area (Å²) in [6.45, 7) is 6.31. The quantitative estimate of drug-likeness (QED) is 0.551. The highest BCUT2D eigenvalue weighted by molar-refractivity contribution is 5.90. The summed E-state index contributed by atoms with van der Waals surface area (Å²) < 4.78 is 15.6. The third kappa shape index (κ3) is 3.80. The van der Waals surface area contributed by atoms with Crippen molar-refractivity contribution in [1.29, 1.82) is 0 Å². The van der Waals surface area contributed by atoms with Crippen LogP contribution in [0.2, 0.25) is 0 Å². The predicted molar refractivity (Wildman–Crippen MR) is 69.3 cm³/mol. The van der Waals surface area contributed by atoms with E-state index >= 15 is 0 Å². The number of esters is 1. The van der Waals surface area contributed by atoms with E-state index in [9.17, 15) is 4.79 Å². The van der Waals surface area contributed by atoms with E-state index in [-0.39, 0.29) is 5.97 Å². The number of rotatable bonds is 7. The molecule has 0 bridgehead atoms. The molecule has 0 aliphatic rings. The van der Waals surface area contributed by atoms with Gasteiger partial charge in [-0.3, -0.25) is 0 Å². The molecule has 0 radical (unpaired) electrons. The summed E-state index contributed by atoms with van der Waals surface area (Å²) in [6, 6.07) is 4.94. The van der Waals surface area contributed by atoms with Crippen molar-refractivity contribution in [2.75, 3.05) is 20.3 Å². The van der Waals surface area contributed by atoms with Crippen LogP contribution in [0.25, 0.3) is 0 Å². The molecule has 4 heteroatoms. The SMILES string of the molecule is C=CCOc1ccc(C(=O)OCCC)cc1OC. The second kappa shape index (κ2) is 7.37. The molecule has 0 saturated carbocycles. The fourth-order valence-electron chi connectivity index (χ4n) is 1.34. The highest BCUT2D eigenvalue weighted by Gasteiger charge is 2.11. The van der Waals surface area contributed by atoms with Gasteiger partial charge in [-0.25, -0.2) is 4.79 Å². The maximum absolute atomic E-state index is 11.7. The third-order valence-electron chi connectivity index (χ3n) is 2.19. The van der Waals surface area contributed by atoms with Crippen LogP contribution in [0.15, 0.2) is 30.9 Å². The lowest BCUT2D eigenvalue weighted by atomic mass is 10.2. The topological polar surface area (TPSA) is 44.8 Å². The standard InChI is InChI=1S/C14H18O4/c1-4-8-17-12-7-6-11(10-13(12)16-3)14(15)18-9-5-2/h4,6-7,10H,1,5,8-9H2,2-3H3. The number of carbonyl (C=O) groups excluding carboxylic acids is 1. The molecule has 1 aromatic carbocycles. The molecular formula is C14H18O4. The Labute approximate surface area is 107 Å². The average Bonchev–Trinajstić information content (AvgIpc) is 2.42. The number of hydrogen-bond donors (Lipinski definition) is 0. The van der Waals surface area contributed by atoms with Gasteiger partial charge >= 0.3 is 5.97 Å². The number of carbonyl (C=O) groups is 1. The van der Waals surface area contributed by atoms with Gasteiger partial charge in [-0.2, -0.15) is 0 Å². The van der Waals surface area contributed by atoms with Gasteiger partial charge < -0.3 is 14.2 Å². The van der Waals surface area contributed by atoms with Crippen molar-refractivity contribution >= 4 is 5.97 Å². The van der Waals surface area contributed by atoms with Crippen LogP contribution in [0.1, 0.15) is 23.7 Å². The van der Waals surface area contributed by atoms with Gasteiger partial charge in [-0.15, -0.1) is 0 Å². The molecule has 0 aliphatic heterocycles. The van der Waals surface area contributed by atoms with Gasteiger partial charge in [0.15, 0.2) is 11.5 Å². The Hall–Kier alpha value is -1.97. The van der Waals surface area contributed by atoms with Crippen LogP contribution in [-0.4, -0.2) is 26.3 Å². The summed E-state index contributed by atoms with van der Waals surface area (Å²) in [5.74, 6) is 0.720. The van der Waals surface area contributed by atoms with Crippen molar-refractivity contribution in [1.82, 2.24) is 0 Å². The molecule has 98 valence electrons. The summed E-state index contributed by atoms with van der Waals surface area (Å²) >= 11 is 0. The van der Waals surface area contributed by atoms with Crippen molar-refractivity contribution in [3.63, 3.8) is 0 Å². The van der Waals surface area contributed by atoms with E-state index in [0.29, 0.717) is 30.3 Å². The Kier molecular flexibility index (Phi) is 5.77. The zero-order chi connectivity index (χ0) is 13.4. The first-order valence-corrected chi connectivity index (χ1v) is 5.81. The zero-order valence-electron chi connectivity index (χ0n) is 10.8. The molecule has 0 amide bonds. The molecule has 0 spiro atoms. The van der Waals surface area contributed by atoms with Crippen LogP contribution >= 0.6 is 0 Å². The predicted octanol–water partition coefficient (Wildman–Crippen LogP) is 2.83. The Morgan fingerprint density at radius 1 is 1.39 bits per heavy atom. The number of benzene rings is 1. The van der Waals surface area contributed by atoms with Crippen LogP contribution < -0.4 is 9.47 Å². The lowest BCUT2D eigenvalue weighted by Crippen LogP contribution is -2.06. The van der Waals surface area contributed by atoms with Crippen molar-refractivity contribution in [3.8, 4) is 11.5 Å². The molecule has 0 atom stereocenters. The Bertz CT molecular complexity index is 412. The lowest BCUT2D eigenvalue weighted by molar-refractivity contribution is 0.0504. The van der Waals surface area contributed by atoms with Gasteiger partial charge in [0.2, 0.25) is 0 Å². The summed E-state index contributed by atoms with van der Waals surface area (Å²) in [7, 11) is 1.53. The van der Waals surface area contributed by atoms with Crippen molar-refractivity contribution in [2.45, 2.75) is 13.3 Å². The first-order valence-electron chi connectivity index (χ1n) is 5.81. The summed E-state index contributed by atoms with van der Waals surface area (Å²) in [6.07, 6.45) is 2.44. The van der Waals surface area contributed by atoms with Crippen LogP contribution in [0, 0.1) is 0 Å². The second-order valence-electron chi connectivity index (χ2n) is 3.60. The maximum Gasteiger partial charge on any atom is 0.338 e. The van der Waals surface area contributed by atoms with Crippen LogP contribution in [0.4, 0.5) is 0 Å². The minimum absolute atomic E-state index is 0.356. The van der Waals surface area contributed by atoms with Crippen molar-refractivity contribution < 1.29 is 19.0 Å². The van der Waals surface area contributed by atoms with E-state index in [4.69, 9.17) is 14.2 Å². The molecule has 0 heterocycles. The number of ether oxygens (including phenoxy) is 3. The summed E-state index contributed by atoms with van der Waals surface area (Å²) in [5, 5.41) is 0. The molecule has 18 heavy (non-hydrogen) atoms. The molecule has 0 N–H and O–H groups in total. The first kappa shape index (κ1) is 14.1. The Balaban J connectivity index is 2.83. The number of hydrogen-bond acceptors (Lipinski definition) is 4. The fourth-order valence-corrected chi connectivity index (χ4v) is 1.34. The van der Waals surface area contributed by atoms with Crippen LogP contribution in [-0.2, 0) is 4.74 Å². The molecule has 0 aromatic heterocycles. The Morgan fingerprint density at radius 3 is 2.78 bits per heavy atom. The molecule has 1 aromatic rings. The van der Waals surface area contributed by atoms with Gasteiger partial charge in [-0.1, -0.05) is 19.6 Å². The lowest BCUT2D eigenvalue weighted by Gasteiger charge is -2.10. The van der Waals surface area contributed by atoms with E-state index in [1.165, 1.54) is 7.11 Å². The van der Waals surface area contributed by atoms with E-state index in [2.05, 4.69) is 6.58 Å².